The summed E-state index contributed by atoms with van der Waals surface area (Å²) in [6, 6.07) is 6.93. The number of hydrogen-bond acceptors (Lipinski definition) is 7. The largest absolute Gasteiger partial charge is 0.486 e. The number of nitrogens with zero attached hydrogens (tertiary/aromatic N) is 4. The van der Waals surface area contributed by atoms with Crippen LogP contribution in [0.5, 0.6) is 11.5 Å². The summed E-state index contributed by atoms with van der Waals surface area (Å²) in [5, 5.41) is 6.65. The SMILES string of the molecule is Cc1noc(-c2c[nH]n3c(=O)cc(-c4ccc5c(c4)OCCO5)nc23)n1. The molecule has 0 aliphatic carbocycles. The molecule has 9 heteroatoms. The van der Waals surface area contributed by atoms with Crippen LogP contribution in [0.3, 0.4) is 0 Å². The van der Waals surface area contributed by atoms with Gasteiger partial charge in [-0.2, -0.15) is 4.98 Å². The summed E-state index contributed by atoms with van der Waals surface area (Å²) >= 11 is 0. The third-order valence-corrected chi connectivity index (χ3v) is 4.09. The van der Waals surface area contributed by atoms with Crippen molar-refractivity contribution in [1.82, 2.24) is 24.7 Å². The summed E-state index contributed by atoms with van der Waals surface area (Å²) < 4.78 is 17.7. The van der Waals surface area contributed by atoms with Gasteiger partial charge in [-0.15, -0.1) is 0 Å². The van der Waals surface area contributed by atoms with Crippen LogP contribution in [0.15, 0.2) is 39.8 Å². The van der Waals surface area contributed by atoms with Gasteiger partial charge in [0.15, 0.2) is 23.0 Å². The fourth-order valence-corrected chi connectivity index (χ4v) is 2.90. The zero-order valence-electron chi connectivity index (χ0n) is 13.7. The summed E-state index contributed by atoms with van der Waals surface area (Å²) in [6.45, 7) is 2.74. The average Bonchev–Trinajstić information content (AvgIpc) is 3.27. The Bertz CT molecular complexity index is 1190. The highest BCUT2D eigenvalue weighted by molar-refractivity contribution is 5.74. The summed E-state index contributed by atoms with van der Waals surface area (Å²) in [4.78, 5) is 21.3. The molecule has 0 radical (unpaired) electrons. The van der Waals surface area contributed by atoms with Crippen LogP contribution in [0.25, 0.3) is 28.4 Å². The summed E-state index contributed by atoms with van der Waals surface area (Å²) in [5.41, 5.74) is 1.99. The molecule has 3 aromatic heterocycles. The topological polar surface area (TPSA) is 108 Å². The van der Waals surface area contributed by atoms with E-state index in [2.05, 4.69) is 20.2 Å². The molecule has 0 fully saturated rings. The number of fused-ring (bicyclic) bond motifs is 2. The predicted molar refractivity (Wildman–Crippen MR) is 90.3 cm³/mol. The van der Waals surface area contributed by atoms with Gasteiger partial charge in [-0.3, -0.25) is 9.89 Å². The van der Waals surface area contributed by atoms with Gasteiger partial charge in [0, 0.05) is 17.8 Å². The molecule has 1 aliphatic heterocycles. The van der Waals surface area contributed by atoms with Gasteiger partial charge in [0.2, 0.25) is 0 Å². The highest BCUT2D eigenvalue weighted by Crippen LogP contribution is 2.34. The Hall–Kier alpha value is -3.62. The van der Waals surface area contributed by atoms with E-state index in [4.69, 9.17) is 14.0 Å². The molecule has 0 amide bonds. The second kappa shape index (κ2) is 5.45. The summed E-state index contributed by atoms with van der Waals surface area (Å²) in [6.07, 6.45) is 1.62. The summed E-state index contributed by atoms with van der Waals surface area (Å²) in [5.74, 6) is 2.12. The first-order valence-electron chi connectivity index (χ1n) is 8.01. The molecular formula is C17H13N5O4. The number of aromatic nitrogens is 5. The van der Waals surface area contributed by atoms with Crippen molar-refractivity contribution in [2.24, 2.45) is 0 Å². The van der Waals surface area contributed by atoms with Gasteiger partial charge in [0.1, 0.15) is 18.8 Å². The van der Waals surface area contributed by atoms with Gasteiger partial charge in [0.05, 0.1) is 5.69 Å². The van der Waals surface area contributed by atoms with E-state index in [9.17, 15) is 4.79 Å². The van der Waals surface area contributed by atoms with E-state index in [1.165, 1.54) is 10.6 Å². The van der Waals surface area contributed by atoms with Crippen LogP contribution < -0.4 is 15.0 Å². The number of benzene rings is 1. The fourth-order valence-electron chi connectivity index (χ4n) is 2.90. The molecule has 0 spiro atoms. The Labute approximate surface area is 146 Å². The molecule has 0 saturated carbocycles. The minimum atomic E-state index is -0.248. The van der Waals surface area contributed by atoms with Crippen LogP contribution in [0.2, 0.25) is 0 Å². The molecule has 26 heavy (non-hydrogen) atoms. The molecule has 0 atom stereocenters. The first kappa shape index (κ1) is 14.7. The molecule has 1 N–H and O–H groups in total. The maximum atomic E-state index is 12.5. The second-order valence-corrected chi connectivity index (χ2v) is 5.83. The van der Waals surface area contributed by atoms with E-state index in [1.54, 1.807) is 13.1 Å². The molecule has 4 heterocycles. The van der Waals surface area contributed by atoms with Gasteiger partial charge in [0.25, 0.3) is 11.4 Å². The second-order valence-electron chi connectivity index (χ2n) is 5.83. The lowest BCUT2D eigenvalue weighted by atomic mass is 10.1. The van der Waals surface area contributed by atoms with Crippen LogP contribution >= 0.6 is 0 Å². The Kier molecular flexibility index (Phi) is 3.08. The maximum Gasteiger partial charge on any atom is 0.273 e. The molecule has 5 rings (SSSR count). The lowest BCUT2D eigenvalue weighted by Gasteiger charge is -2.18. The van der Waals surface area contributed by atoms with Crippen molar-refractivity contribution in [2.45, 2.75) is 6.92 Å². The molecule has 1 aromatic carbocycles. The molecule has 4 aromatic rings. The molecule has 0 unspecified atom stereocenters. The average molecular weight is 351 g/mol. The van der Waals surface area contributed by atoms with Gasteiger partial charge >= 0.3 is 0 Å². The van der Waals surface area contributed by atoms with Crippen LogP contribution in [0.4, 0.5) is 0 Å². The first-order valence-corrected chi connectivity index (χ1v) is 8.01. The van der Waals surface area contributed by atoms with E-state index < -0.39 is 0 Å². The van der Waals surface area contributed by atoms with Crippen molar-refractivity contribution in [3.63, 3.8) is 0 Å². The standard InChI is InChI=1S/C17H13N5O4/c1-9-19-17(26-21-9)11-8-18-22-15(23)7-12(20-16(11)22)10-2-3-13-14(6-10)25-5-4-24-13/h2-3,6-8,18H,4-5H2,1H3. The zero-order valence-corrected chi connectivity index (χ0v) is 13.7. The number of hydrogen-bond donors (Lipinski definition) is 1. The smallest absolute Gasteiger partial charge is 0.273 e. The molecule has 1 aliphatic rings. The van der Waals surface area contributed by atoms with Gasteiger partial charge in [-0.05, 0) is 25.1 Å². The van der Waals surface area contributed by atoms with Crippen LogP contribution in [0.1, 0.15) is 5.82 Å². The number of aryl methyl sites for hydroxylation is 1. The fraction of sp³-hybridized carbons (Fsp3) is 0.176. The van der Waals surface area contributed by atoms with Crippen molar-refractivity contribution < 1.29 is 14.0 Å². The molecular weight excluding hydrogens is 338 g/mol. The third-order valence-electron chi connectivity index (χ3n) is 4.09. The van der Waals surface area contributed by atoms with Gasteiger partial charge in [-0.1, -0.05) is 5.16 Å². The Balaban J connectivity index is 1.68. The lowest BCUT2D eigenvalue weighted by molar-refractivity contribution is 0.171. The third kappa shape index (κ3) is 2.25. The van der Waals surface area contributed by atoms with E-state index in [0.29, 0.717) is 53.3 Å². The van der Waals surface area contributed by atoms with Crippen molar-refractivity contribution in [1.29, 1.82) is 0 Å². The van der Waals surface area contributed by atoms with Crippen LogP contribution in [0, 0.1) is 6.92 Å². The molecule has 130 valence electrons. The predicted octanol–water partition coefficient (Wildman–Crippen LogP) is 1.82. The van der Waals surface area contributed by atoms with Crippen LogP contribution in [-0.2, 0) is 0 Å². The van der Waals surface area contributed by atoms with Gasteiger partial charge in [-0.25, -0.2) is 9.50 Å². The zero-order chi connectivity index (χ0) is 17.7. The molecule has 9 nitrogen and oxygen atoms in total. The van der Waals surface area contributed by atoms with E-state index in [1.807, 2.05) is 18.2 Å². The Morgan fingerprint density at radius 3 is 2.77 bits per heavy atom. The highest BCUT2D eigenvalue weighted by atomic mass is 16.6. The quantitative estimate of drug-likeness (QED) is 0.587. The normalized spacial score (nSPS) is 13.3. The Morgan fingerprint density at radius 2 is 1.96 bits per heavy atom. The lowest BCUT2D eigenvalue weighted by Crippen LogP contribution is -2.16. The van der Waals surface area contributed by atoms with Crippen molar-refractivity contribution in [3.8, 4) is 34.2 Å². The Morgan fingerprint density at radius 1 is 1.12 bits per heavy atom. The minimum Gasteiger partial charge on any atom is -0.486 e. The van der Waals surface area contributed by atoms with Crippen molar-refractivity contribution in [3.05, 3.63) is 46.6 Å². The van der Waals surface area contributed by atoms with E-state index in [0.717, 1.165) is 5.56 Å². The summed E-state index contributed by atoms with van der Waals surface area (Å²) in [7, 11) is 0. The number of H-pyrrole nitrogens is 1. The maximum absolute atomic E-state index is 12.5. The van der Waals surface area contributed by atoms with E-state index in [-0.39, 0.29) is 5.56 Å². The monoisotopic (exact) mass is 351 g/mol. The number of ether oxygens (including phenoxy) is 2. The highest BCUT2D eigenvalue weighted by Gasteiger charge is 2.18. The van der Waals surface area contributed by atoms with Crippen LogP contribution in [-0.4, -0.2) is 38.0 Å². The first-order chi connectivity index (χ1) is 12.7. The van der Waals surface area contributed by atoms with Crippen molar-refractivity contribution >= 4 is 5.65 Å². The van der Waals surface area contributed by atoms with E-state index >= 15 is 0 Å². The number of nitrogens with one attached hydrogen (secondary N) is 1. The number of aromatic amines is 1. The number of rotatable bonds is 2. The molecule has 0 saturated heterocycles. The minimum absolute atomic E-state index is 0.248. The molecule has 0 bridgehead atoms. The van der Waals surface area contributed by atoms with Gasteiger partial charge < -0.3 is 14.0 Å². The van der Waals surface area contributed by atoms with Crippen molar-refractivity contribution in [2.75, 3.05) is 13.2 Å².